The third kappa shape index (κ3) is 2.34. The molecule has 3 rings (SSSR count). The van der Waals surface area contributed by atoms with E-state index in [4.69, 9.17) is 10.3 Å². The van der Waals surface area contributed by atoms with E-state index in [1.54, 1.807) is 0 Å². The van der Waals surface area contributed by atoms with Gasteiger partial charge in [0, 0.05) is 10.0 Å². The average Bonchev–Trinajstić information content (AvgIpc) is 2.81. The molecule has 1 aromatic heterocycles. The summed E-state index contributed by atoms with van der Waals surface area (Å²) in [6.07, 6.45) is 0. The lowest BCUT2D eigenvalue weighted by molar-refractivity contribution is 0.439. The van der Waals surface area contributed by atoms with Crippen LogP contribution in [0.4, 0.5) is 5.88 Å². The normalized spacial score (nSPS) is 10.7. The number of benzene rings is 2. The Morgan fingerprint density at radius 3 is 2.50 bits per heavy atom. The summed E-state index contributed by atoms with van der Waals surface area (Å²) in [6.45, 7) is 2.05. The predicted octanol–water partition coefficient (Wildman–Crippen LogP) is 4.66. The molecule has 0 spiro atoms. The van der Waals surface area contributed by atoms with E-state index in [0.29, 0.717) is 5.88 Å². The molecule has 0 aliphatic rings. The molecule has 0 fully saturated rings. The monoisotopic (exact) mass is 328 g/mol. The van der Waals surface area contributed by atoms with Crippen LogP contribution in [0.2, 0.25) is 0 Å². The smallest absolute Gasteiger partial charge is 0.230 e. The van der Waals surface area contributed by atoms with Gasteiger partial charge in [0.2, 0.25) is 5.88 Å². The van der Waals surface area contributed by atoms with E-state index in [0.717, 1.165) is 26.9 Å². The summed E-state index contributed by atoms with van der Waals surface area (Å²) in [7, 11) is 0. The molecule has 3 nitrogen and oxygen atoms in total. The van der Waals surface area contributed by atoms with Crippen molar-refractivity contribution < 1.29 is 4.52 Å². The van der Waals surface area contributed by atoms with Gasteiger partial charge in [-0.25, -0.2) is 0 Å². The molecule has 20 heavy (non-hydrogen) atoms. The van der Waals surface area contributed by atoms with Crippen molar-refractivity contribution >= 4 is 21.8 Å². The van der Waals surface area contributed by atoms with Crippen molar-refractivity contribution in [3.63, 3.8) is 0 Å². The highest BCUT2D eigenvalue weighted by Crippen LogP contribution is 2.36. The third-order valence-electron chi connectivity index (χ3n) is 3.16. The highest BCUT2D eigenvalue weighted by molar-refractivity contribution is 9.10. The van der Waals surface area contributed by atoms with Gasteiger partial charge in [-0.3, -0.25) is 0 Å². The predicted molar refractivity (Wildman–Crippen MR) is 84.2 cm³/mol. The Hall–Kier alpha value is -2.07. The number of aryl methyl sites for hydroxylation is 1. The van der Waals surface area contributed by atoms with Crippen molar-refractivity contribution in [1.29, 1.82) is 0 Å². The summed E-state index contributed by atoms with van der Waals surface area (Å²) in [5, 5.41) is 4.11. The minimum atomic E-state index is 0.332. The van der Waals surface area contributed by atoms with Crippen molar-refractivity contribution in [1.82, 2.24) is 5.16 Å². The highest BCUT2D eigenvalue weighted by atomic mass is 79.9. The molecule has 0 saturated carbocycles. The number of nitrogens with two attached hydrogens (primary N) is 1. The van der Waals surface area contributed by atoms with Gasteiger partial charge in [-0.05, 0) is 24.6 Å². The number of nitrogen functional groups attached to an aromatic ring is 1. The molecule has 2 aromatic carbocycles. The molecular weight excluding hydrogens is 316 g/mol. The quantitative estimate of drug-likeness (QED) is 0.744. The van der Waals surface area contributed by atoms with Gasteiger partial charge < -0.3 is 10.3 Å². The van der Waals surface area contributed by atoms with Crippen LogP contribution in [-0.4, -0.2) is 5.16 Å². The lowest BCUT2D eigenvalue weighted by Gasteiger charge is -2.04. The molecule has 0 unspecified atom stereocenters. The van der Waals surface area contributed by atoms with Gasteiger partial charge in [-0.2, -0.15) is 0 Å². The van der Waals surface area contributed by atoms with Crippen LogP contribution in [0.15, 0.2) is 57.5 Å². The Kier molecular flexibility index (Phi) is 3.32. The molecule has 0 atom stereocenters. The molecule has 1 heterocycles. The van der Waals surface area contributed by atoms with Crippen LogP contribution in [0.25, 0.3) is 22.4 Å². The fourth-order valence-corrected chi connectivity index (χ4v) is 2.53. The Labute approximate surface area is 125 Å². The number of hydrogen-bond donors (Lipinski definition) is 1. The van der Waals surface area contributed by atoms with Crippen LogP contribution in [0, 0.1) is 6.92 Å². The van der Waals surface area contributed by atoms with Gasteiger partial charge in [0.25, 0.3) is 0 Å². The molecule has 3 aromatic rings. The highest BCUT2D eigenvalue weighted by Gasteiger charge is 2.17. The molecule has 0 saturated heterocycles. The SMILES string of the molecule is Cc1ccc(-c2noc(N)c2-c2cccc(Br)c2)cc1. The lowest BCUT2D eigenvalue weighted by Crippen LogP contribution is -1.88. The first-order chi connectivity index (χ1) is 9.65. The van der Waals surface area contributed by atoms with Crippen LogP contribution in [0.3, 0.4) is 0 Å². The number of rotatable bonds is 2. The van der Waals surface area contributed by atoms with Crippen molar-refractivity contribution in [3.8, 4) is 22.4 Å². The largest absolute Gasteiger partial charge is 0.367 e. The summed E-state index contributed by atoms with van der Waals surface area (Å²) in [5.41, 5.74) is 10.7. The van der Waals surface area contributed by atoms with Crippen LogP contribution in [0.1, 0.15) is 5.56 Å². The topological polar surface area (TPSA) is 52.0 Å². The first-order valence-electron chi connectivity index (χ1n) is 6.23. The minimum Gasteiger partial charge on any atom is -0.367 e. The molecule has 0 amide bonds. The summed E-state index contributed by atoms with van der Waals surface area (Å²) >= 11 is 3.47. The van der Waals surface area contributed by atoms with Gasteiger partial charge in [0.05, 0.1) is 5.56 Å². The Morgan fingerprint density at radius 1 is 1.05 bits per heavy atom. The average molecular weight is 329 g/mol. The molecule has 100 valence electrons. The standard InChI is InChI=1S/C16H13BrN2O/c1-10-5-7-11(8-6-10)15-14(16(18)20-19-15)12-3-2-4-13(17)9-12/h2-9H,18H2,1H3. The third-order valence-corrected chi connectivity index (χ3v) is 3.65. The Morgan fingerprint density at radius 2 is 1.80 bits per heavy atom. The molecule has 0 aliphatic heterocycles. The number of aromatic nitrogens is 1. The fraction of sp³-hybridized carbons (Fsp3) is 0.0625. The van der Waals surface area contributed by atoms with Crippen LogP contribution < -0.4 is 5.73 Å². The minimum absolute atomic E-state index is 0.332. The molecule has 2 N–H and O–H groups in total. The molecule has 0 aliphatic carbocycles. The number of hydrogen-bond acceptors (Lipinski definition) is 3. The van der Waals surface area contributed by atoms with Gasteiger partial charge in [0.1, 0.15) is 5.69 Å². The number of anilines is 1. The second-order valence-electron chi connectivity index (χ2n) is 4.65. The van der Waals surface area contributed by atoms with E-state index in [2.05, 4.69) is 28.0 Å². The van der Waals surface area contributed by atoms with Gasteiger partial charge >= 0.3 is 0 Å². The number of halogens is 1. The Bertz CT molecular complexity index is 747. The van der Waals surface area contributed by atoms with E-state index in [9.17, 15) is 0 Å². The fourth-order valence-electron chi connectivity index (χ4n) is 2.13. The Balaban J connectivity index is 2.17. The zero-order chi connectivity index (χ0) is 14.1. The van der Waals surface area contributed by atoms with Crippen LogP contribution in [0.5, 0.6) is 0 Å². The maximum atomic E-state index is 5.95. The van der Waals surface area contributed by atoms with Gasteiger partial charge in [0.15, 0.2) is 0 Å². The van der Waals surface area contributed by atoms with Crippen molar-refractivity contribution in [3.05, 3.63) is 58.6 Å². The molecular formula is C16H13BrN2O. The summed E-state index contributed by atoms with van der Waals surface area (Å²) in [4.78, 5) is 0. The van der Waals surface area contributed by atoms with Crippen molar-refractivity contribution in [2.24, 2.45) is 0 Å². The second kappa shape index (κ2) is 5.13. The first kappa shape index (κ1) is 12.9. The van der Waals surface area contributed by atoms with E-state index in [1.165, 1.54) is 5.56 Å². The lowest BCUT2D eigenvalue weighted by atomic mass is 10.0. The zero-order valence-corrected chi connectivity index (χ0v) is 12.5. The summed E-state index contributed by atoms with van der Waals surface area (Å²) < 4.78 is 6.18. The molecule has 0 bridgehead atoms. The van der Waals surface area contributed by atoms with Gasteiger partial charge in [-0.1, -0.05) is 63.0 Å². The number of nitrogens with zero attached hydrogens (tertiary/aromatic N) is 1. The maximum Gasteiger partial charge on any atom is 0.230 e. The van der Waals surface area contributed by atoms with Crippen molar-refractivity contribution in [2.75, 3.05) is 5.73 Å². The maximum absolute atomic E-state index is 5.95. The van der Waals surface area contributed by atoms with E-state index < -0.39 is 0 Å². The molecule has 0 radical (unpaired) electrons. The van der Waals surface area contributed by atoms with Crippen LogP contribution >= 0.6 is 15.9 Å². The second-order valence-corrected chi connectivity index (χ2v) is 5.56. The van der Waals surface area contributed by atoms with E-state index in [-0.39, 0.29) is 0 Å². The summed E-state index contributed by atoms with van der Waals surface area (Å²) in [5.74, 6) is 0.332. The summed E-state index contributed by atoms with van der Waals surface area (Å²) in [6, 6.07) is 16.1. The van der Waals surface area contributed by atoms with E-state index >= 15 is 0 Å². The van der Waals surface area contributed by atoms with Crippen molar-refractivity contribution in [2.45, 2.75) is 6.92 Å². The van der Waals surface area contributed by atoms with E-state index in [1.807, 2.05) is 48.5 Å². The zero-order valence-electron chi connectivity index (χ0n) is 10.9. The molecule has 4 heteroatoms. The first-order valence-corrected chi connectivity index (χ1v) is 7.02. The van der Waals surface area contributed by atoms with Crippen LogP contribution in [-0.2, 0) is 0 Å². The van der Waals surface area contributed by atoms with Gasteiger partial charge in [-0.15, -0.1) is 0 Å².